The van der Waals surface area contributed by atoms with Gasteiger partial charge in [-0.15, -0.1) is 0 Å². The molecule has 8 nitrogen and oxygen atoms in total. The fourth-order valence-electron chi connectivity index (χ4n) is 4.82. The Kier molecular flexibility index (Phi) is 14.3. The maximum absolute atomic E-state index is 12.4. The van der Waals surface area contributed by atoms with Crippen molar-refractivity contribution in [3.05, 3.63) is 29.1 Å². The van der Waals surface area contributed by atoms with E-state index in [1.54, 1.807) is 20.0 Å². The summed E-state index contributed by atoms with van der Waals surface area (Å²) in [5, 5.41) is 18.6. The number of carboxylic acids is 1. The van der Waals surface area contributed by atoms with Crippen molar-refractivity contribution in [1.29, 1.82) is 5.26 Å². The monoisotopic (exact) mass is 542 g/mol. The number of carbonyl (C=O) groups excluding carboxylic acids is 1. The Hall–Kier alpha value is -2.79. The maximum Gasteiger partial charge on any atom is 0.338 e. The molecule has 0 bridgehead atoms. The molecular weight excluding hydrogens is 490 g/mol. The molecule has 1 amide bonds. The molecule has 0 radical (unpaired) electrons. The van der Waals surface area contributed by atoms with Crippen LogP contribution in [-0.4, -0.2) is 68.9 Å². The average molecular weight is 543 g/mol. The molecule has 0 fully saturated rings. The molecule has 39 heavy (non-hydrogen) atoms. The molecule has 0 saturated heterocycles. The minimum atomic E-state index is -1.18. The van der Waals surface area contributed by atoms with E-state index < -0.39 is 17.4 Å². The third kappa shape index (κ3) is 9.13. The van der Waals surface area contributed by atoms with Crippen molar-refractivity contribution >= 4 is 17.7 Å². The van der Waals surface area contributed by atoms with Gasteiger partial charge in [0, 0.05) is 6.20 Å². The van der Waals surface area contributed by atoms with Crippen LogP contribution in [-0.2, 0) is 4.79 Å². The predicted octanol–water partition coefficient (Wildman–Crippen LogP) is 6.58. The molecule has 0 saturated carbocycles. The van der Waals surface area contributed by atoms with E-state index in [9.17, 15) is 20.0 Å². The van der Waals surface area contributed by atoms with Gasteiger partial charge >= 0.3 is 5.97 Å². The van der Waals surface area contributed by atoms with Gasteiger partial charge in [-0.1, -0.05) is 67.2 Å². The van der Waals surface area contributed by atoms with Gasteiger partial charge in [-0.2, -0.15) is 10.2 Å². The summed E-state index contributed by atoms with van der Waals surface area (Å²) in [5.74, 6) is -1.82. The zero-order valence-electron chi connectivity index (χ0n) is 25.7. The first-order valence-electron chi connectivity index (χ1n) is 14.9. The topological polar surface area (TPSA) is 107 Å². The van der Waals surface area contributed by atoms with Crippen LogP contribution in [0.15, 0.2) is 17.3 Å². The lowest BCUT2D eigenvalue weighted by molar-refractivity contribution is -0.929. The van der Waals surface area contributed by atoms with Gasteiger partial charge in [0.05, 0.1) is 31.7 Å². The average Bonchev–Trinajstić information content (AvgIpc) is 3.18. The van der Waals surface area contributed by atoms with E-state index in [-0.39, 0.29) is 23.0 Å². The van der Waals surface area contributed by atoms with Crippen molar-refractivity contribution in [2.75, 3.05) is 26.2 Å². The van der Waals surface area contributed by atoms with Crippen LogP contribution in [0, 0.1) is 24.3 Å². The summed E-state index contributed by atoms with van der Waals surface area (Å²) in [6.07, 6.45) is 14.3. The number of quaternary nitrogens is 1. The van der Waals surface area contributed by atoms with Crippen molar-refractivity contribution in [3.63, 3.8) is 0 Å². The molecule has 0 aliphatic carbocycles. The second-order valence-corrected chi connectivity index (χ2v) is 11.3. The zero-order valence-corrected chi connectivity index (χ0v) is 25.7. The van der Waals surface area contributed by atoms with Crippen LogP contribution in [0.2, 0.25) is 0 Å². The number of unbranched alkanes of at least 4 members (excludes halogenated alkanes) is 4. The largest absolute Gasteiger partial charge is 0.478 e. The normalized spacial score (nSPS) is 17.1. The van der Waals surface area contributed by atoms with Crippen molar-refractivity contribution in [3.8, 4) is 6.19 Å². The summed E-state index contributed by atoms with van der Waals surface area (Å²) in [7, 11) is 0. The molecule has 1 aliphatic heterocycles. The SMILES string of the molecule is CCCC[N+](CCCC)(CCCC)CCCC.Cc1cnc(C2=NC(C)(C(C)C)C(=O)N2C#N)c(C(=O)O)c1. The van der Waals surface area contributed by atoms with Gasteiger partial charge < -0.3 is 9.59 Å². The minimum Gasteiger partial charge on any atom is -0.478 e. The van der Waals surface area contributed by atoms with Gasteiger partial charge in [0.1, 0.15) is 11.2 Å². The molecule has 1 aliphatic rings. The fraction of sp³-hybridized carbons (Fsp3) is 0.710. The van der Waals surface area contributed by atoms with Crippen LogP contribution < -0.4 is 0 Å². The number of hydrogen-bond acceptors (Lipinski definition) is 5. The lowest BCUT2D eigenvalue weighted by Crippen LogP contribution is -2.50. The lowest BCUT2D eigenvalue weighted by atomic mass is 9.89. The summed E-state index contributed by atoms with van der Waals surface area (Å²) in [6, 6.07) is 1.44. The highest BCUT2D eigenvalue weighted by Crippen LogP contribution is 2.32. The Morgan fingerprint density at radius 1 is 1.03 bits per heavy atom. The molecule has 1 aromatic rings. The van der Waals surface area contributed by atoms with Crippen LogP contribution in [0.25, 0.3) is 0 Å². The first kappa shape index (κ1) is 34.2. The van der Waals surface area contributed by atoms with Crippen molar-refractivity contribution in [1.82, 2.24) is 9.88 Å². The van der Waals surface area contributed by atoms with Crippen molar-refractivity contribution in [2.45, 2.75) is 112 Å². The molecule has 8 heteroatoms. The summed E-state index contributed by atoms with van der Waals surface area (Å²) >= 11 is 0. The predicted molar refractivity (Wildman–Crippen MR) is 158 cm³/mol. The highest BCUT2D eigenvalue weighted by atomic mass is 16.4. The van der Waals surface area contributed by atoms with Crippen molar-refractivity contribution in [2.24, 2.45) is 10.9 Å². The smallest absolute Gasteiger partial charge is 0.338 e. The van der Waals surface area contributed by atoms with Gasteiger partial charge in [-0.25, -0.2) is 9.79 Å². The number of aromatic nitrogens is 1. The highest BCUT2D eigenvalue weighted by Gasteiger charge is 2.48. The second-order valence-electron chi connectivity index (χ2n) is 11.3. The summed E-state index contributed by atoms with van der Waals surface area (Å²) < 4.78 is 1.42. The molecule has 1 unspecified atom stereocenters. The van der Waals surface area contributed by atoms with Gasteiger partial charge in [0.25, 0.3) is 5.91 Å². The number of aryl methyl sites for hydroxylation is 1. The molecule has 1 N–H and O–H groups in total. The molecule has 2 heterocycles. The molecule has 2 rings (SSSR count). The van der Waals surface area contributed by atoms with E-state index >= 15 is 0 Å². The third-order valence-corrected chi connectivity index (χ3v) is 7.82. The number of amides is 1. The molecule has 218 valence electrons. The number of carbonyl (C=O) groups is 2. The van der Waals surface area contributed by atoms with Gasteiger partial charge in [0.15, 0.2) is 12.0 Å². The molecule has 1 aromatic heterocycles. The van der Waals surface area contributed by atoms with Gasteiger partial charge in [0.2, 0.25) is 0 Å². The Morgan fingerprint density at radius 3 is 1.85 bits per heavy atom. The number of aliphatic imine (C=N–C) groups is 1. The number of aromatic carboxylic acids is 1. The molecular formula is C31H52N5O3+. The van der Waals surface area contributed by atoms with Crippen LogP contribution >= 0.6 is 0 Å². The molecule has 1 atom stereocenters. The van der Waals surface area contributed by atoms with E-state index in [0.717, 1.165) is 4.90 Å². The number of hydrogen-bond donors (Lipinski definition) is 1. The first-order chi connectivity index (χ1) is 18.5. The Morgan fingerprint density at radius 2 is 1.49 bits per heavy atom. The van der Waals surface area contributed by atoms with E-state index in [2.05, 4.69) is 37.7 Å². The summed E-state index contributed by atoms with van der Waals surface area (Å²) in [4.78, 5) is 33.1. The number of carboxylic acid groups (broad SMARTS) is 1. The van der Waals surface area contributed by atoms with Crippen LogP contribution in [0.1, 0.15) is 121 Å². The van der Waals surface area contributed by atoms with Gasteiger partial charge in [-0.05, 0) is 57.1 Å². The van der Waals surface area contributed by atoms with Crippen molar-refractivity contribution < 1.29 is 19.2 Å². The minimum absolute atomic E-state index is 0.0129. The quantitative estimate of drug-likeness (QED) is 0.199. The Balaban J connectivity index is 0.000000406. The summed E-state index contributed by atoms with van der Waals surface area (Å²) in [6.45, 7) is 22.0. The zero-order chi connectivity index (χ0) is 29.6. The molecule has 0 spiro atoms. The van der Waals surface area contributed by atoms with E-state index in [1.807, 2.05) is 13.8 Å². The fourth-order valence-corrected chi connectivity index (χ4v) is 4.82. The molecule has 0 aromatic carbocycles. The number of pyridine rings is 1. The van der Waals surface area contributed by atoms with Crippen LogP contribution in [0.5, 0.6) is 0 Å². The van der Waals surface area contributed by atoms with Crippen LogP contribution in [0.4, 0.5) is 0 Å². The highest BCUT2D eigenvalue weighted by molar-refractivity contribution is 6.18. The Bertz CT molecular complexity index is 976. The van der Waals surface area contributed by atoms with E-state index in [1.165, 1.54) is 94.3 Å². The number of amidine groups is 1. The third-order valence-electron chi connectivity index (χ3n) is 7.82. The summed E-state index contributed by atoms with van der Waals surface area (Å²) in [5.41, 5.74) is -0.494. The Labute approximate surface area is 236 Å². The number of rotatable bonds is 15. The maximum atomic E-state index is 12.4. The second kappa shape index (κ2) is 16.3. The van der Waals surface area contributed by atoms with E-state index in [0.29, 0.717) is 5.56 Å². The first-order valence-corrected chi connectivity index (χ1v) is 14.9. The lowest BCUT2D eigenvalue weighted by Gasteiger charge is -2.39. The number of nitriles is 1. The van der Waals surface area contributed by atoms with E-state index in [4.69, 9.17) is 0 Å². The van der Waals surface area contributed by atoms with Crippen LogP contribution in [0.3, 0.4) is 0 Å². The van der Waals surface area contributed by atoms with Gasteiger partial charge in [-0.3, -0.25) is 9.78 Å². The standard InChI is InChI=1S/C16H36N.C15H16N4O3/c1-5-9-13-17(14-10-6-2,15-11-7-3)16-12-8-4;1-8(2)15(4)14(22)19(7-16)12(18-15)11-10(13(20)21)5-9(3)6-17-11/h5-16H2,1-4H3;5-6,8H,1-4H3,(H,20,21)/q+1;. The number of nitrogens with zero attached hydrogens (tertiary/aromatic N) is 5.